The van der Waals surface area contributed by atoms with Gasteiger partial charge in [0.15, 0.2) is 0 Å². The Hall–Kier alpha value is -0.135. The van der Waals surface area contributed by atoms with Crippen LogP contribution in [0, 0.1) is 5.41 Å². The van der Waals surface area contributed by atoms with E-state index in [1.165, 1.54) is 0 Å². The Morgan fingerprint density at radius 1 is 1.07 bits per heavy atom. The van der Waals surface area contributed by atoms with E-state index in [1.54, 1.807) is 0 Å². The molecule has 92 valence electrons. The Morgan fingerprint density at radius 2 is 1.53 bits per heavy atom. The molecule has 0 unspecified atom stereocenters. The van der Waals surface area contributed by atoms with Crippen LogP contribution in [0.5, 0.6) is 0 Å². The molecular weight excluding hydrogens is 199 g/mol. The molecule has 0 heterocycles. The van der Waals surface area contributed by atoms with Gasteiger partial charge in [0.05, 0.1) is 13.2 Å². The summed E-state index contributed by atoms with van der Waals surface area (Å²) in [5.74, 6) is 0. The summed E-state index contributed by atoms with van der Waals surface area (Å²) in [6.07, 6.45) is 0. The SMILES string of the molecule is CCOB(O)OCC(C)(C)C.OCCO. The molecule has 0 saturated carbocycles. The number of aliphatic hydroxyl groups is 2. The van der Waals surface area contributed by atoms with Crippen LogP contribution in [0.2, 0.25) is 0 Å². The molecule has 0 bridgehead atoms. The Balaban J connectivity index is 0. The molecule has 0 atom stereocenters. The molecular formula is C9H23BO5. The van der Waals surface area contributed by atoms with Crippen LogP contribution < -0.4 is 0 Å². The maximum atomic E-state index is 8.97. The van der Waals surface area contributed by atoms with Crippen molar-refractivity contribution in [3.63, 3.8) is 0 Å². The average Bonchev–Trinajstić information content (AvgIpc) is 2.15. The lowest BCUT2D eigenvalue weighted by Gasteiger charge is -2.18. The molecule has 0 spiro atoms. The molecule has 0 radical (unpaired) electrons. The molecule has 0 fully saturated rings. The smallest absolute Gasteiger partial charge is 0.402 e. The molecule has 0 aromatic heterocycles. The molecule has 0 aliphatic heterocycles. The van der Waals surface area contributed by atoms with Gasteiger partial charge in [-0.3, -0.25) is 0 Å². The number of hydrogen-bond acceptors (Lipinski definition) is 5. The van der Waals surface area contributed by atoms with Gasteiger partial charge >= 0.3 is 7.32 Å². The molecule has 15 heavy (non-hydrogen) atoms. The van der Waals surface area contributed by atoms with Crippen LogP contribution in [0.3, 0.4) is 0 Å². The van der Waals surface area contributed by atoms with E-state index in [0.717, 1.165) is 0 Å². The molecule has 0 aliphatic carbocycles. The fraction of sp³-hybridized carbons (Fsp3) is 1.00. The van der Waals surface area contributed by atoms with Crippen LogP contribution in [0.25, 0.3) is 0 Å². The van der Waals surface area contributed by atoms with E-state index >= 15 is 0 Å². The first kappa shape index (κ1) is 17.3. The summed E-state index contributed by atoms with van der Waals surface area (Å²) in [5.41, 5.74) is 0.0675. The first-order chi connectivity index (χ1) is 6.87. The van der Waals surface area contributed by atoms with Crippen LogP contribution >= 0.6 is 0 Å². The zero-order chi connectivity index (χ0) is 12.3. The van der Waals surface area contributed by atoms with Crippen LogP contribution in [0.1, 0.15) is 27.7 Å². The van der Waals surface area contributed by atoms with Crippen LogP contribution in [0.15, 0.2) is 0 Å². The molecule has 0 amide bonds. The highest BCUT2D eigenvalue weighted by Gasteiger charge is 2.19. The van der Waals surface area contributed by atoms with Gasteiger partial charge in [-0.25, -0.2) is 0 Å². The minimum atomic E-state index is -1.07. The van der Waals surface area contributed by atoms with Gasteiger partial charge in [-0.05, 0) is 12.3 Å². The van der Waals surface area contributed by atoms with Crippen molar-refractivity contribution in [2.45, 2.75) is 27.7 Å². The Morgan fingerprint density at radius 3 is 1.80 bits per heavy atom. The van der Waals surface area contributed by atoms with Crippen molar-refractivity contribution >= 4 is 7.32 Å². The second-order valence-corrected chi connectivity index (χ2v) is 4.08. The van der Waals surface area contributed by atoms with E-state index < -0.39 is 7.32 Å². The predicted octanol–water partition coefficient (Wildman–Crippen LogP) is 0.0338. The Bertz CT molecular complexity index is 124. The van der Waals surface area contributed by atoms with Gasteiger partial charge in [0.25, 0.3) is 0 Å². The van der Waals surface area contributed by atoms with Crippen LogP contribution in [0.4, 0.5) is 0 Å². The Kier molecular flexibility index (Phi) is 12.0. The van der Waals surface area contributed by atoms with E-state index in [0.29, 0.717) is 13.2 Å². The van der Waals surface area contributed by atoms with Crippen molar-refractivity contribution in [2.75, 3.05) is 26.4 Å². The summed E-state index contributed by atoms with van der Waals surface area (Å²) in [6.45, 7) is 8.62. The normalized spacial score (nSPS) is 10.6. The first-order valence-electron chi connectivity index (χ1n) is 5.00. The lowest BCUT2D eigenvalue weighted by molar-refractivity contribution is 0.0987. The second-order valence-electron chi connectivity index (χ2n) is 4.08. The van der Waals surface area contributed by atoms with E-state index in [4.69, 9.17) is 24.5 Å². The molecule has 0 aromatic rings. The maximum absolute atomic E-state index is 8.97. The third kappa shape index (κ3) is 20.1. The maximum Gasteiger partial charge on any atom is 0.636 e. The van der Waals surface area contributed by atoms with Crippen molar-refractivity contribution in [1.29, 1.82) is 0 Å². The molecule has 0 aliphatic rings. The third-order valence-corrected chi connectivity index (χ3v) is 1.07. The second kappa shape index (κ2) is 10.4. The van der Waals surface area contributed by atoms with Gasteiger partial charge in [0.2, 0.25) is 0 Å². The molecule has 0 aromatic carbocycles. The minimum absolute atomic E-state index is 0.0675. The summed E-state index contributed by atoms with van der Waals surface area (Å²) in [4.78, 5) is 0. The van der Waals surface area contributed by atoms with Crippen molar-refractivity contribution in [1.82, 2.24) is 0 Å². The zero-order valence-corrected chi connectivity index (χ0v) is 10.1. The highest BCUT2D eigenvalue weighted by Crippen LogP contribution is 2.12. The highest BCUT2D eigenvalue weighted by molar-refractivity contribution is 6.34. The number of hydrogen-bond donors (Lipinski definition) is 3. The quantitative estimate of drug-likeness (QED) is 0.572. The van der Waals surface area contributed by atoms with Crippen molar-refractivity contribution in [3.05, 3.63) is 0 Å². The van der Waals surface area contributed by atoms with E-state index in [1.807, 2.05) is 27.7 Å². The van der Waals surface area contributed by atoms with Crippen molar-refractivity contribution in [2.24, 2.45) is 5.41 Å². The minimum Gasteiger partial charge on any atom is -0.402 e. The summed E-state index contributed by atoms with van der Waals surface area (Å²) in [5, 5.41) is 24.2. The molecule has 0 saturated heterocycles. The predicted molar refractivity (Wildman–Crippen MR) is 59.2 cm³/mol. The fourth-order valence-corrected chi connectivity index (χ4v) is 0.512. The zero-order valence-electron chi connectivity index (χ0n) is 10.1. The van der Waals surface area contributed by atoms with Crippen molar-refractivity contribution < 1.29 is 24.5 Å². The van der Waals surface area contributed by atoms with Gasteiger partial charge in [0.1, 0.15) is 0 Å². The molecule has 5 nitrogen and oxygen atoms in total. The number of aliphatic hydroxyl groups excluding tert-OH is 2. The highest BCUT2D eigenvalue weighted by atomic mass is 16.7. The summed E-state index contributed by atoms with van der Waals surface area (Å²) >= 11 is 0. The van der Waals surface area contributed by atoms with Gasteiger partial charge in [0, 0.05) is 13.2 Å². The lowest BCUT2D eigenvalue weighted by atomic mass is 9.98. The fourth-order valence-electron chi connectivity index (χ4n) is 0.512. The van der Waals surface area contributed by atoms with Crippen LogP contribution in [-0.4, -0.2) is 49.0 Å². The van der Waals surface area contributed by atoms with Gasteiger partial charge in [-0.1, -0.05) is 20.8 Å². The largest absolute Gasteiger partial charge is 0.636 e. The van der Waals surface area contributed by atoms with Gasteiger partial charge in [-0.2, -0.15) is 0 Å². The molecule has 6 heteroatoms. The van der Waals surface area contributed by atoms with Crippen LogP contribution in [-0.2, 0) is 9.31 Å². The summed E-state index contributed by atoms with van der Waals surface area (Å²) < 4.78 is 9.75. The Labute approximate surface area is 92.2 Å². The van der Waals surface area contributed by atoms with Crippen molar-refractivity contribution in [3.8, 4) is 0 Å². The monoisotopic (exact) mass is 222 g/mol. The van der Waals surface area contributed by atoms with E-state index in [-0.39, 0.29) is 18.6 Å². The molecule has 3 N–H and O–H groups in total. The topological polar surface area (TPSA) is 79.2 Å². The van der Waals surface area contributed by atoms with E-state index in [9.17, 15) is 0 Å². The van der Waals surface area contributed by atoms with Gasteiger partial charge in [-0.15, -0.1) is 0 Å². The molecule has 0 rings (SSSR count). The average molecular weight is 222 g/mol. The summed E-state index contributed by atoms with van der Waals surface area (Å²) in [6, 6.07) is 0. The number of rotatable bonds is 5. The standard InChI is InChI=1S/C7H17BO3.C2H6O2/c1-5-10-8(9)11-6-7(2,3)4;3-1-2-4/h9H,5-6H2,1-4H3;3-4H,1-2H2. The first-order valence-corrected chi connectivity index (χ1v) is 5.00. The summed E-state index contributed by atoms with van der Waals surface area (Å²) in [7, 11) is -1.07. The van der Waals surface area contributed by atoms with Gasteiger partial charge < -0.3 is 24.5 Å². The third-order valence-electron chi connectivity index (χ3n) is 1.07. The van der Waals surface area contributed by atoms with E-state index in [2.05, 4.69) is 0 Å². The lowest BCUT2D eigenvalue weighted by Crippen LogP contribution is -2.27.